The van der Waals surface area contributed by atoms with E-state index in [4.69, 9.17) is 17.0 Å². The maximum Gasteiger partial charge on any atom is 0.257 e. The second-order valence-electron chi connectivity index (χ2n) is 4.97. The third kappa shape index (κ3) is 4.86. The van der Waals surface area contributed by atoms with Gasteiger partial charge in [-0.3, -0.25) is 10.1 Å². The van der Waals surface area contributed by atoms with Crippen LogP contribution in [0.15, 0.2) is 54.6 Å². The number of amides is 1. The monoisotopic (exact) mass is 314 g/mol. The zero-order valence-electron chi connectivity index (χ0n) is 12.5. The van der Waals surface area contributed by atoms with Crippen LogP contribution in [0.2, 0.25) is 0 Å². The van der Waals surface area contributed by atoms with Crippen molar-refractivity contribution in [1.29, 1.82) is 0 Å². The van der Waals surface area contributed by atoms with Gasteiger partial charge in [-0.1, -0.05) is 24.3 Å². The number of carbonyl (C=O) groups excluding carboxylic acids is 1. The maximum absolute atomic E-state index is 12.0. The van der Waals surface area contributed by atoms with Crippen LogP contribution in [0, 0.1) is 0 Å². The van der Waals surface area contributed by atoms with Gasteiger partial charge in [0.25, 0.3) is 5.91 Å². The molecule has 2 rings (SSSR count). The van der Waals surface area contributed by atoms with Gasteiger partial charge in [0.1, 0.15) is 5.75 Å². The second kappa shape index (κ2) is 7.56. The van der Waals surface area contributed by atoms with Crippen molar-refractivity contribution in [2.24, 2.45) is 0 Å². The second-order valence-corrected chi connectivity index (χ2v) is 5.38. The van der Waals surface area contributed by atoms with Gasteiger partial charge in [0.15, 0.2) is 5.11 Å². The van der Waals surface area contributed by atoms with Crippen molar-refractivity contribution < 1.29 is 9.53 Å². The van der Waals surface area contributed by atoms with Crippen LogP contribution in [0.5, 0.6) is 5.75 Å². The number of thiocarbonyl (C=S) groups is 1. The minimum Gasteiger partial charge on any atom is -0.491 e. The Balaban J connectivity index is 1.96. The molecule has 2 N–H and O–H groups in total. The maximum atomic E-state index is 12.0. The van der Waals surface area contributed by atoms with Gasteiger partial charge in [-0.25, -0.2) is 0 Å². The Labute approximate surface area is 135 Å². The smallest absolute Gasteiger partial charge is 0.257 e. The van der Waals surface area contributed by atoms with E-state index in [9.17, 15) is 4.79 Å². The lowest BCUT2D eigenvalue weighted by Crippen LogP contribution is -2.34. The SMILES string of the molecule is CC(C)Oc1cccc(NC(=S)NC(=O)c2ccccc2)c1. The minimum absolute atomic E-state index is 0.0972. The molecule has 1 amide bonds. The van der Waals surface area contributed by atoms with E-state index in [2.05, 4.69) is 10.6 Å². The molecular weight excluding hydrogens is 296 g/mol. The van der Waals surface area contributed by atoms with Gasteiger partial charge in [0.05, 0.1) is 6.10 Å². The first-order valence-corrected chi connectivity index (χ1v) is 7.39. The Hall–Kier alpha value is -2.40. The molecule has 0 spiro atoms. The molecule has 0 aromatic heterocycles. The molecule has 0 aliphatic carbocycles. The van der Waals surface area contributed by atoms with Crippen LogP contribution in [-0.4, -0.2) is 17.1 Å². The summed E-state index contributed by atoms with van der Waals surface area (Å²) in [7, 11) is 0. The van der Waals surface area contributed by atoms with Gasteiger partial charge in [-0.15, -0.1) is 0 Å². The van der Waals surface area contributed by atoms with E-state index in [0.29, 0.717) is 5.56 Å². The molecule has 0 saturated heterocycles. The molecule has 0 heterocycles. The summed E-state index contributed by atoms with van der Waals surface area (Å²) in [5.41, 5.74) is 1.32. The highest BCUT2D eigenvalue weighted by atomic mass is 32.1. The molecule has 0 atom stereocenters. The van der Waals surface area contributed by atoms with Crippen molar-refractivity contribution in [3.63, 3.8) is 0 Å². The predicted octanol–water partition coefficient (Wildman–Crippen LogP) is 3.60. The zero-order chi connectivity index (χ0) is 15.9. The van der Waals surface area contributed by atoms with Gasteiger partial charge in [0.2, 0.25) is 0 Å². The van der Waals surface area contributed by atoms with Crippen LogP contribution in [0.1, 0.15) is 24.2 Å². The molecule has 2 aromatic rings. The standard InChI is InChI=1S/C17H18N2O2S/c1-12(2)21-15-10-6-9-14(11-15)18-17(22)19-16(20)13-7-4-3-5-8-13/h3-12H,1-2H3,(H2,18,19,20,22). The first-order valence-electron chi connectivity index (χ1n) is 6.98. The summed E-state index contributed by atoms with van der Waals surface area (Å²) in [6.45, 7) is 3.93. The van der Waals surface area contributed by atoms with Crippen molar-refractivity contribution in [1.82, 2.24) is 5.32 Å². The number of ether oxygens (including phenoxy) is 1. The van der Waals surface area contributed by atoms with Crippen LogP contribution < -0.4 is 15.4 Å². The molecule has 0 unspecified atom stereocenters. The third-order valence-electron chi connectivity index (χ3n) is 2.73. The van der Waals surface area contributed by atoms with E-state index in [1.54, 1.807) is 24.3 Å². The average Bonchev–Trinajstić information content (AvgIpc) is 2.47. The van der Waals surface area contributed by atoms with Crippen molar-refractivity contribution in [2.45, 2.75) is 20.0 Å². The van der Waals surface area contributed by atoms with E-state index in [0.717, 1.165) is 11.4 Å². The highest BCUT2D eigenvalue weighted by molar-refractivity contribution is 7.80. The van der Waals surface area contributed by atoms with Crippen LogP contribution in [-0.2, 0) is 0 Å². The van der Waals surface area contributed by atoms with Gasteiger partial charge >= 0.3 is 0 Å². The third-order valence-corrected chi connectivity index (χ3v) is 2.93. The van der Waals surface area contributed by atoms with Crippen molar-refractivity contribution in [3.05, 3.63) is 60.2 Å². The fourth-order valence-electron chi connectivity index (χ4n) is 1.85. The number of carbonyl (C=O) groups is 1. The van der Waals surface area contributed by atoms with E-state index in [-0.39, 0.29) is 17.1 Å². The van der Waals surface area contributed by atoms with E-state index in [1.807, 2.05) is 44.2 Å². The van der Waals surface area contributed by atoms with Crippen LogP contribution in [0.4, 0.5) is 5.69 Å². The first-order chi connectivity index (χ1) is 10.5. The lowest BCUT2D eigenvalue weighted by atomic mass is 10.2. The Morgan fingerprint density at radius 3 is 2.50 bits per heavy atom. The summed E-state index contributed by atoms with van der Waals surface area (Å²) in [6.07, 6.45) is 0.0972. The number of hydrogen-bond donors (Lipinski definition) is 2. The summed E-state index contributed by atoms with van der Waals surface area (Å²) in [4.78, 5) is 12.0. The Bertz CT molecular complexity index is 657. The first kappa shape index (κ1) is 16.0. The quantitative estimate of drug-likeness (QED) is 0.847. The van der Waals surface area contributed by atoms with Crippen LogP contribution >= 0.6 is 12.2 Å². The molecule has 114 valence electrons. The molecule has 0 aliphatic heterocycles. The van der Waals surface area contributed by atoms with E-state index < -0.39 is 0 Å². The lowest BCUT2D eigenvalue weighted by Gasteiger charge is -2.13. The Kier molecular flexibility index (Phi) is 5.49. The van der Waals surface area contributed by atoms with Crippen molar-refractivity contribution >= 4 is 28.9 Å². The topological polar surface area (TPSA) is 50.4 Å². The van der Waals surface area contributed by atoms with Crippen LogP contribution in [0.25, 0.3) is 0 Å². The number of rotatable bonds is 4. The van der Waals surface area contributed by atoms with Crippen LogP contribution in [0.3, 0.4) is 0 Å². The summed E-state index contributed by atoms with van der Waals surface area (Å²) in [6, 6.07) is 16.3. The fourth-order valence-corrected chi connectivity index (χ4v) is 2.06. The summed E-state index contributed by atoms with van der Waals surface area (Å²) in [5, 5.41) is 5.87. The van der Waals surface area contributed by atoms with Gasteiger partial charge in [0, 0.05) is 17.3 Å². The summed E-state index contributed by atoms with van der Waals surface area (Å²) >= 11 is 5.16. The molecular formula is C17H18N2O2S. The highest BCUT2D eigenvalue weighted by Gasteiger charge is 2.07. The zero-order valence-corrected chi connectivity index (χ0v) is 13.3. The van der Waals surface area contributed by atoms with Gasteiger partial charge in [-0.2, -0.15) is 0 Å². The fraction of sp³-hybridized carbons (Fsp3) is 0.176. The Morgan fingerprint density at radius 1 is 1.09 bits per heavy atom. The molecule has 4 nitrogen and oxygen atoms in total. The number of nitrogens with one attached hydrogen (secondary N) is 2. The summed E-state index contributed by atoms with van der Waals surface area (Å²) < 4.78 is 5.62. The minimum atomic E-state index is -0.243. The van der Waals surface area contributed by atoms with E-state index in [1.165, 1.54) is 0 Å². The molecule has 0 radical (unpaired) electrons. The Morgan fingerprint density at radius 2 is 1.82 bits per heavy atom. The largest absolute Gasteiger partial charge is 0.491 e. The van der Waals surface area contributed by atoms with Crippen molar-refractivity contribution in [2.75, 3.05) is 5.32 Å². The summed E-state index contributed by atoms with van der Waals surface area (Å²) in [5.74, 6) is 0.505. The normalized spacial score (nSPS) is 10.1. The molecule has 22 heavy (non-hydrogen) atoms. The van der Waals surface area contributed by atoms with E-state index >= 15 is 0 Å². The molecule has 5 heteroatoms. The lowest BCUT2D eigenvalue weighted by molar-refractivity contribution is 0.0977. The number of benzene rings is 2. The highest BCUT2D eigenvalue weighted by Crippen LogP contribution is 2.18. The molecule has 0 saturated carbocycles. The molecule has 0 aliphatic rings. The molecule has 2 aromatic carbocycles. The van der Waals surface area contributed by atoms with Gasteiger partial charge in [-0.05, 0) is 50.3 Å². The van der Waals surface area contributed by atoms with Crippen molar-refractivity contribution in [3.8, 4) is 5.75 Å². The molecule has 0 bridgehead atoms. The average molecular weight is 314 g/mol. The predicted molar refractivity (Wildman–Crippen MR) is 92.3 cm³/mol. The number of anilines is 1. The van der Waals surface area contributed by atoms with Gasteiger partial charge < -0.3 is 10.1 Å². The number of hydrogen-bond acceptors (Lipinski definition) is 3. The molecule has 0 fully saturated rings.